The molecule has 0 aliphatic carbocycles. The van der Waals surface area contributed by atoms with Gasteiger partial charge in [-0.15, -0.1) is 0 Å². The Bertz CT molecular complexity index is 896. The molecule has 154 valence electrons. The quantitative estimate of drug-likeness (QED) is 0.420. The van der Waals surface area contributed by atoms with E-state index < -0.39 is 5.91 Å². The summed E-state index contributed by atoms with van der Waals surface area (Å²) in [5.74, 6) is -0.624. The van der Waals surface area contributed by atoms with Crippen molar-refractivity contribution in [1.82, 2.24) is 16.0 Å². The van der Waals surface area contributed by atoms with Crippen molar-refractivity contribution in [1.29, 1.82) is 0 Å². The summed E-state index contributed by atoms with van der Waals surface area (Å²) in [6.07, 6.45) is 0. The fourth-order valence-corrected chi connectivity index (χ4v) is 2.59. The van der Waals surface area contributed by atoms with Gasteiger partial charge in [0.15, 0.2) is 5.96 Å². The van der Waals surface area contributed by atoms with Crippen molar-refractivity contribution in [3.63, 3.8) is 0 Å². The van der Waals surface area contributed by atoms with Gasteiger partial charge in [0, 0.05) is 19.2 Å². The summed E-state index contributed by atoms with van der Waals surface area (Å²) in [6, 6.07) is 12.0. The number of rotatable bonds is 7. The Labute approximate surface area is 169 Å². The molecule has 29 heavy (non-hydrogen) atoms. The molecule has 0 spiro atoms. The standard InChI is InChI=1S/C21H26FN5O2/c1-13-4-7-17(10-18(13)22)14(2)27-21(24-3)26-11-15-5-8-16(9-6-15)20(29)25-12-19(23)28/h4-10,14H,11-12H2,1-3H3,(H2,23,28)(H,25,29)(H2,24,26,27). The smallest absolute Gasteiger partial charge is 0.251 e. The highest BCUT2D eigenvalue weighted by Gasteiger charge is 2.10. The summed E-state index contributed by atoms with van der Waals surface area (Å²) in [7, 11) is 1.66. The number of hydrogen-bond acceptors (Lipinski definition) is 3. The molecule has 0 saturated carbocycles. The van der Waals surface area contributed by atoms with Crippen LogP contribution in [0.15, 0.2) is 47.5 Å². The number of amides is 2. The third-order valence-corrected chi connectivity index (χ3v) is 4.37. The Morgan fingerprint density at radius 1 is 1.14 bits per heavy atom. The third kappa shape index (κ3) is 6.60. The second-order valence-electron chi connectivity index (χ2n) is 6.65. The Morgan fingerprint density at radius 3 is 2.41 bits per heavy atom. The second kappa shape index (κ2) is 10.2. The number of benzene rings is 2. The summed E-state index contributed by atoms with van der Waals surface area (Å²) >= 11 is 0. The third-order valence-electron chi connectivity index (χ3n) is 4.37. The summed E-state index contributed by atoms with van der Waals surface area (Å²) < 4.78 is 13.8. The summed E-state index contributed by atoms with van der Waals surface area (Å²) in [5.41, 5.74) is 7.82. The van der Waals surface area contributed by atoms with Crippen molar-refractivity contribution in [3.05, 3.63) is 70.5 Å². The SMILES string of the molecule is CN=C(NCc1ccc(C(=O)NCC(N)=O)cc1)NC(C)c1ccc(C)c(F)c1. The molecule has 0 saturated heterocycles. The molecule has 0 aromatic heterocycles. The number of nitrogens with zero attached hydrogens (tertiary/aromatic N) is 1. The van der Waals surface area contributed by atoms with Gasteiger partial charge < -0.3 is 21.7 Å². The number of guanidine groups is 1. The predicted octanol–water partition coefficient (Wildman–Crippen LogP) is 1.78. The molecule has 0 aliphatic heterocycles. The van der Waals surface area contributed by atoms with Gasteiger partial charge in [0.2, 0.25) is 5.91 Å². The van der Waals surface area contributed by atoms with Crippen molar-refractivity contribution in [2.75, 3.05) is 13.6 Å². The molecule has 1 unspecified atom stereocenters. The minimum absolute atomic E-state index is 0.132. The Hall–Kier alpha value is -3.42. The number of halogens is 1. The molecule has 0 bridgehead atoms. The minimum Gasteiger partial charge on any atom is -0.368 e. The lowest BCUT2D eigenvalue weighted by atomic mass is 10.1. The highest BCUT2D eigenvalue weighted by molar-refractivity contribution is 5.96. The molecular weight excluding hydrogens is 373 g/mol. The average molecular weight is 399 g/mol. The van der Waals surface area contributed by atoms with Gasteiger partial charge in [0.05, 0.1) is 12.6 Å². The summed E-state index contributed by atoms with van der Waals surface area (Å²) in [5, 5.41) is 8.84. The number of carbonyl (C=O) groups is 2. The van der Waals surface area contributed by atoms with Crippen molar-refractivity contribution < 1.29 is 14.0 Å². The van der Waals surface area contributed by atoms with E-state index in [0.29, 0.717) is 23.6 Å². The van der Waals surface area contributed by atoms with Gasteiger partial charge in [-0.1, -0.05) is 24.3 Å². The van der Waals surface area contributed by atoms with Crippen molar-refractivity contribution in [2.24, 2.45) is 10.7 Å². The Balaban J connectivity index is 1.90. The fraction of sp³-hybridized carbons (Fsp3) is 0.286. The zero-order valence-electron chi connectivity index (χ0n) is 16.8. The van der Waals surface area contributed by atoms with Gasteiger partial charge in [0.25, 0.3) is 5.91 Å². The van der Waals surface area contributed by atoms with Crippen LogP contribution in [0.25, 0.3) is 0 Å². The maximum absolute atomic E-state index is 13.8. The Kier molecular flexibility index (Phi) is 7.70. The fourth-order valence-electron chi connectivity index (χ4n) is 2.59. The van der Waals surface area contributed by atoms with Gasteiger partial charge in [0.1, 0.15) is 5.82 Å². The number of aryl methyl sites for hydroxylation is 1. The lowest BCUT2D eigenvalue weighted by molar-refractivity contribution is -0.117. The van der Waals surface area contributed by atoms with Crippen LogP contribution in [-0.2, 0) is 11.3 Å². The average Bonchev–Trinajstić information content (AvgIpc) is 2.71. The number of hydrogen-bond donors (Lipinski definition) is 4. The number of nitrogens with two attached hydrogens (primary N) is 1. The molecular formula is C21H26FN5O2. The molecule has 2 amide bonds. The highest BCUT2D eigenvalue weighted by atomic mass is 19.1. The first-order valence-electron chi connectivity index (χ1n) is 9.19. The number of carbonyl (C=O) groups excluding carboxylic acids is 2. The van der Waals surface area contributed by atoms with Crippen LogP contribution in [0.1, 0.15) is 40.0 Å². The van der Waals surface area contributed by atoms with E-state index in [0.717, 1.165) is 11.1 Å². The second-order valence-corrected chi connectivity index (χ2v) is 6.65. The normalized spacial score (nSPS) is 12.2. The molecule has 2 aromatic rings. The van der Waals surface area contributed by atoms with Crippen molar-refractivity contribution in [2.45, 2.75) is 26.4 Å². The monoisotopic (exact) mass is 399 g/mol. The molecule has 5 N–H and O–H groups in total. The lowest BCUT2D eigenvalue weighted by Crippen LogP contribution is -2.38. The summed E-state index contributed by atoms with van der Waals surface area (Å²) in [6.45, 7) is 3.94. The zero-order chi connectivity index (χ0) is 21.4. The number of primary amides is 1. The zero-order valence-corrected chi connectivity index (χ0v) is 16.8. The van der Waals surface area contributed by atoms with Gasteiger partial charge in [-0.3, -0.25) is 14.6 Å². The first-order chi connectivity index (χ1) is 13.8. The Morgan fingerprint density at radius 2 is 1.83 bits per heavy atom. The van der Waals surface area contributed by atoms with E-state index in [-0.39, 0.29) is 24.3 Å². The lowest BCUT2D eigenvalue weighted by Gasteiger charge is -2.19. The van der Waals surface area contributed by atoms with Crippen LogP contribution in [0.4, 0.5) is 4.39 Å². The van der Waals surface area contributed by atoms with E-state index in [2.05, 4.69) is 20.9 Å². The molecule has 1 atom stereocenters. The van der Waals surface area contributed by atoms with Crippen LogP contribution in [0.3, 0.4) is 0 Å². The molecule has 0 heterocycles. The van der Waals surface area contributed by atoms with E-state index in [4.69, 9.17) is 5.73 Å². The molecule has 7 nitrogen and oxygen atoms in total. The molecule has 0 aliphatic rings. The van der Waals surface area contributed by atoms with Crippen LogP contribution in [-0.4, -0.2) is 31.4 Å². The van der Waals surface area contributed by atoms with E-state index >= 15 is 0 Å². The molecule has 2 rings (SSSR count). The topological polar surface area (TPSA) is 109 Å². The van der Waals surface area contributed by atoms with E-state index in [1.54, 1.807) is 44.3 Å². The van der Waals surface area contributed by atoms with E-state index in [9.17, 15) is 14.0 Å². The maximum Gasteiger partial charge on any atom is 0.251 e. The number of aliphatic imine (C=N–C) groups is 1. The highest BCUT2D eigenvalue weighted by Crippen LogP contribution is 2.16. The van der Waals surface area contributed by atoms with Crippen LogP contribution in [0, 0.1) is 12.7 Å². The van der Waals surface area contributed by atoms with Gasteiger partial charge in [-0.05, 0) is 48.7 Å². The van der Waals surface area contributed by atoms with Crippen LogP contribution < -0.4 is 21.7 Å². The first kappa shape index (κ1) is 21.9. The predicted molar refractivity (Wildman–Crippen MR) is 111 cm³/mol. The van der Waals surface area contributed by atoms with Gasteiger partial charge in [-0.2, -0.15) is 0 Å². The van der Waals surface area contributed by atoms with Crippen molar-refractivity contribution in [3.8, 4) is 0 Å². The number of nitrogens with one attached hydrogen (secondary N) is 3. The van der Waals surface area contributed by atoms with Crippen LogP contribution in [0.5, 0.6) is 0 Å². The van der Waals surface area contributed by atoms with Gasteiger partial charge in [-0.25, -0.2) is 4.39 Å². The van der Waals surface area contributed by atoms with E-state index in [1.165, 1.54) is 6.07 Å². The van der Waals surface area contributed by atoms with Gasteiger partial charge >= 0.3 is 0 Å². The molecule has 2 aromatic carbocycles. The van der Waals surface area contributed by atoms with Crippen LogP contribution in [0.2, 0.25) is 0 Å². The van der Waals surface area contributed by atoms with E-state index in [1.807, 2.05) is 13.0 Å². The molecule has 0 radical (unpaired) electrons. The summed E-state index contributed by atoms with van der Waals surface area (Å²) in [4.78, 5) is 26.8. The van der Waals surface area contributed by atoms with Crippen molar-refractivity contribution >= 4 is 17.8 Å². The largest absolute Gasteiger partial charge is 0.368 e. The first-order valence-corrected chi connectivity index (χ1v) is 9.19. The van der Waals surface area contributed by atoms with Crippen LogP contribution >= 0.6 is 0 Å². The molecule has 8 heteroatoms. The maximum atomic E-state index is 13.8. The minimum atomic E-state index is -0.597. The molecule has 0 fully saturated rings.